The van der Waals surface area contributed by atoms with Gasteiger partial charge in [0, 0.05) is 77.2 Å². The predicted octanol–water partition coefficient (Wildman–Crippen LogP) is 11.1. The van der Waals surface area contributed by atoms with Crippen molar-refractivity contribution in [3.8, 4) is 20.9 Å². The quantitative estimate of drug-likeness (QED) is 0.176. The van der Waals surface area contributed by atoms with Crippen LogP contribution in [0.4, 0.5) is 0 Å². The average molecular weight is 661 g/mol. The smallest absolute Gasteiger partial charge is 0.0905 e. The molecule has 1 aliphatic carbocycles. The first-order valence-electron chi connectivity index (χ1n) is 15.8. The lowest BCUT2D eigenvalue weighted by atomic mass is 9.87. The molecule has 0 bridgehead atoms. The molecule has 0 amide bonds. The minimum Gasteiger partial charge on any atom is -0.344 e. The lowest BCUT2D eigenvalue weighted by Crippen LogP contribution is -2.10. The number of hydrogen-bond donors (Lipinski definition) is 0. The number of aryl methyl sites for hydroxylation is 2. The van der Waals surface area contributed by atoms with E-state index in [0.29, 0.717) is 0 Å². The van der Waals surface area contributed by atoms with Crippen molar-refractivity contribution in [2.24, 2.45) is 14.1 Å². The van der Waals surface area contributed by atoms with Crippen molar-refractivity contribution in [2.45, 2.75) is 11.8 Å². The molecule has 0 N–H and O–H groups in total. The number of thiophene rings is 2. The van der Waals surface area contributed by atoms with Gasteiger partial charge in [0.2, 0.25) is 0 Å². The SMILES string of the molecule is Cn1c2ccccc2c2cc(-c3ccc(C4C=CC(c5ccc(-c6ccc7c(c6)c6ccccc6n7C)s5)c5nsnc54)s3)ccc21. The molecule has 2 unspecified atom stereocenters. The summed E-state index contributed by atoms with van der Waals surface area (Å²) < 4.78 is 14.3. The first kappa shape index (κ1) is 27.3. The Labute approximate surface area is 283 Å². The van der Waals surface area contributed by atoms with Crippen LogP contribution in [-0.2, 0) is 14.1 Å². The van der Waals surface area contributed by atoms with E-state index < -0.39 is 0 Å². The Kier molecular flexibility index (Phi) is 6.01. The van der Waals surface area contributed by atoms with Gasteiger partial charge in [-0.25, -0.2) is 0 Å². The normalized spacial score (nSPS) is 16.2. The van der Waals surface area contributed by atoms with Crippen LogP contribution < -0.4 is 0 Å². The zero-order valence-corrected chi connectivity index (χ0v) is 28.2. The molecule has 2 atom stereocenters. The summed E-state index contributed by atoms with van der Waals surface area (Å²) in [5.41, 5.74) is 9.75. The van der Waals surface area contributed by atoms with Crippen LogP contribution >= 0.6 is 34.4 Å². The molecule has 4 nitrogen and oxygen atoms in total. The molecule has 4 aromatic carbocycles. The molecule has 0 saturated heterocycles. The molecule has 1 aliphatic rings. The van der Waals surface area contributed by atoms with E-state index in [2.05, 4.69) is 145 Å². The van der Waals surface area contributed by atoms with Gasteiger partial charge in [-0.15, -0.1) is 22.7 Å². The summed E-state index contributed by atoms with van der Waals surface area (Å²) in [6, 6.07) is 40.1. The average Bonchev–Trinajstić information content (AvgIpc) is 3.96. The van der Waals surface area contributed by atoms with E-state index in [1.54, 1.807) is 0 Å². The minimum absolute atomic E-state index is 0.119. The molecule has 226 valence electrons. The Morgan fingerprint density at radius 2 is 0.936 bits per heavy atom. The minimum atomic E-state index is 0.119. The molecule has 5 heterocycles. The highest BCUT2D eigenvalue weighted by atomic mass is 32.1. The van der Waals surface area contributed by atoms with E-state index in [1.165, 1.54) is 86.0 Å². The molecular weight excluding hydrogens is 633 g/mol. The Bertz CT molecular complexity index is 2510. The van der Waals surface area contributed by atoms with Gasteiger partial charge in [-0.05, 0) is 71.8 Å². The van der Waals surface area contributed by atoms with E-state index in [1.807, 2.05) is 22.7 Å². The number of fused-ring (bicyclic) bond motifs is 7. The van der Waals surface area contributed by atoms with Crippen LogP contribution in [-0.4, -0.2) is 17.9 Å². The van der Waals surface area contributed by atoms with Gasteiger partial charge in [-0.3, -0.25) is 0 Å². The molecule has 0 aliphatic heterocycles. The molecule has 9 aromatic rings. The second-order valence-corrected chi connectivity index (χ2v) is 15.2. The zero-order valence-electron chi connectivity index (χ0n) is 25.7. The topological polar surface area (TPSA) is 35.6 Å². The van der Waals surface area contributed by atoms with E-state index in [-0.39, 0.29) is 11.8 Å². The highest BCUT2D eigenvalue weighted by Gasteiger charge is 2.31. The molecule has 10 rings (SSSR count). The largest absolute Gasteiger partial charge is 0.344 e. The van der Waals surface area contributed by atoms with Gasteiger partial charge in [0.1, 0.15) is 0 Å². The van der Waals surface area contributed by atoms with Gasteiger partial charge < -0.3 is 9.13 Å². The fraction of sp³-hybridized carbons (Fsp3) is 0.100. The third kappa shape index (κ3) is 4.10. The number of para-hydroxylation sites is 2. The van der Waals surface area contributed by atoms with Crippen LogP contribution in [0.1, 0.15) is 33.0 Å². The predicted molar refractivity (Wildman–Crippen MR) is 200 cm³/mol. The van der Waals surface area contributed by atoms with Crippen LogP contribution in [0.3, 0.4) is 0 Å². The summed E-state index contributed by atoms with van der Waals surface area (Å²) in [7, 11) is 4.30. The maximum absolute atomic E-state index is 4.87. The Balaban J connectivity index is 0.966. The second-order valence-electron chi connectivity index (χ2n) is 12.4. The fourth-order valence-electron chi connectivity index (χ4n) is 7.49. The van der Waals surface area contributed by atoms with Crippen molar-refractivity contribution >= 4 is 78.0 Å². The molecule has 0 spiro atoms. The summed E-state index contributed by atoms with van der Waals surface area (Å²) in [4.78, 5) is 5.16. The number of rotatable bonds is 4. The molecule has 0 fully saturated rings. The molecule has 5 aromatic heterocycles. The van der Waals surface area contributed by atoms with Crippen molar-refractivity contribution in [1.82, 2.24) is 17.9 Å². The summed E-state index contributed by atoms with van der Waals surface area (Å²) >= 11 is 5.06. The van der Waals surface area contributed by atoms with Crippen molar-refractivity contribution in [3.05, 3.63) is 142 Å². The number of aromatic nitrogens is 4. The van der Waals surface area contributed by atoms with Crippen molar-refractivity contribution in [1.29, 1.82) is 0 Å². The number of hydrogen-bond acceptors (Lipinski definition) is 5. The van der Waals surface area contributed by atoms with Crippen LogP contribution in [0.25, 0.3) is 64.5 Å². The highest BCUT2D eigenvalue weighted by Crippen LogP contribution is 2.46. The van der Waals surface area contributed by atoms with E-state index >= 15 is 0 Å². The molecule has 0 radical (unpaired) electrons. The van der Waals surface area contributed by atoms with Gasteiger partial charge in [0.25, 0.3) is 0 Å². The zero-order chi connectivity index (χ0) is 31.2. The lowest BCUT2D eigenvalue weighted by molar-refractivity contribution is 0.867. The third-order valence-corrected chi connectivity index (χ3v) is 12.9. The molecule has 47 heavy (non-hydrogen) atoms. The van der Waals surface area contributed by atoms with E-state index in [9.17, 15) is 0 Å². The van der Waals surface area contributed by atoms with Crippen LogP contribution in [0.15, 0.2) is 121 Å². The molecule has 7 heteroatoms. The van der Waals surface area contributed by atoms with E-state index in [4.69, 9.17) is 8.75 Å². The Morgan fingerprint density at radius 1 is 0.489 bits per heavy atom. The molecule has 0 saturated carbocycles. The highest BCUT2D eigenvalue weighted by molar-refractivity contribution is 7.16. The first-order valence-corrected chi connectivity index (χ1v) is 18.1. The van der Waals surface area contributed by atoms with Crippen LogP contribution in [0, 0.1) is 0 Å². The third-order valence-electron chi connectivity index (χ3n) is 9.89. The monoisotopic (exact) mass is 660 g/mol. The Hall–Kier alpha value is -4.82. The maximum Gasteiger partial charge on any atom is 0.0905 e. The van der Waals surface area contributed by atoms with Gasteiger partial charge >= 0.3 is 0 Å². The number of allylic oxidation sites excluding steroid dienone is 2. The maximum atomic E-state index is 4.87. The Morgan fingerprint density at radius 3 is 1.43 bits per heavy atom. The standard InChI is InChI=1S/C40H28N4S3/c1-43-31-9-5-3-7-25(31)29-21-23(11-15-33(29)43)35-17-19-37(45-35)27-13-14-28(40-39(27)41-47-42-40)38-20-18-36(46-38)24-12-16-34-30(22-24)26-8-4-6-10-32(26)44(34)2/h3-22,27-28H,1-2H3. The summed E-state index contributed by atoms with van der Waals surface area (Å²) in [6.45, 7) is 0. The summed E-state index contributed by atoms with van der Waals surface area (Å²) in [5.74, 6) is 0.237. The van der Waals surface area contributed by atoms with Gasteiger partial charge in [-0.1, -0.05) is 60.7 Å². The number of benzene rings is 4. The summed E-state index contributed by atoms with van der Waals surface area (Å²) in [5, 5.41) is 5.20. The van der Waals surface area contributed by atoms with Crippen molar-refractivity contribution in [3.63, 3.8) is 0 Å². The lowest BCUT2D eigenvalue weighted by Gasteiger charge is -2.20. The second kappa shape index (κ2) is 10.3. The number of nitrogens with zero attached hydrogens (tertiary/aromatic N) is 4. The van der Waals surface area contributed by atoms with Crippen molar-refractivity contribution < 1.29 is 0 Å². The van der Waals surface area contributed by atoms with Gasteiger partial charge in [0.15, 0.2) is 0 Å². The van der Waals surface area contributed by atoms with Gasteiger partial charge in [0.05, 0.1) is 35.0 Å². The fourth-order valence-corrected chi connectivity index (χ4v) is 10.3. The molecular formula is C40H28N4S3. The van der Waals surface area contributed by atoms with Crippen LogP contribution in [0.2, 0.25) is 0 Å². The van der Waals surface area contributed by atoms with Crippen molar-refractivity contribution in [2.75, 3.05) is 0 Å². The summed E-state index contributed by atoms with van der Waals surface area (Å²) in [6.07, 6.45) is 4.69. The van der Waals surface area contributed by atoms with E-state index in [0.717, 1.165) is 11.4 Å². The van der Waals surface area contributed by atoms with Gasteiger partial charge in [-0.2, -0.15) is 8.75 Å². The first-order chi connectivity index (χ1) is 23.1. The van der Waals surface area contributed by atoms with Crippen LogP contribution in [0.5, 0.6) is 0 Å².